The van der Waals surface area contributed by atoms with Crippen molar-refractivity contribution in [3.63, 3.8) is 0 Å². The van der Waals surface area contributed by atoms with Gasteiger partial charge >= 0.3 is 6.09 Å². The van der Waals surface area contributed by atoms with Crippen LogP contribution >= 0.6 is 0 Å². The van der Waals surface area contributed by atoms with Crippen LogP contribution in [0.3, 0.4) is 0 Å². The Hall–Kier alpha value is -2.80. The Morgan fingerprint density at radius 3 is 2.46 bits per heavy atom. The average Bonchev–Trinajstić information content (AvgIpc) is 3.07. The first-order valence-electron chi connectivity index (χ1n) is 8.97. The number of cyclic esters (lactones) is 1. The molecule has 0 saturated carbocycles. The number of nitrogens with zero attached hydrogens (tertiary/aromatic N) is 1. The number of hydrogen-bond acceptors (Lipinski definition) is 5. The lowest BCUT2D eigenvalue weighted by Gasteiger charge is -2.28. The van der Waals surface area contributed by atoms with Crippen LogP contribution in [0.4, 0.5) is 4.79 Å². The molecule has 7 heteroatoms. The zero-order chi connectivity index (χ0) is 20.1. The summed E-state index contributed by atoms with van der Waals surface area (Å²) in [7, 11) is -2.20. The second-order valence-electron chi connectivity index (χ2n) is 6.46. The van der Waals surface area contributed by atoms with Crippen LogP contribution < -0.4 is 4.74 Å². The van der Waals surface area contributed by atoms with Gasteiger partial charge in [-0.1, -0.05) is 42.5 Å². The van der Waals surface area contributed by atoms with E-state index < -0.39 is 21.3 Å². The van der Waals surface area contributed by atoms with Gasteiger partial charge in [0.05, 0.1) is 18.0 Å². The number of carbonyl (C=O) groups excluding carboxylic acids is 1. The van der Waals surface area contributed by atoms with Crippen LogP contribution in [0.2, 0.25) is 0 Å². The highest BCUT2D eigenvalue weighted by Gasteiger charge is 2.43. The molecule has 0 N–H and O–H groups in total. The van der Waals surface area contributed by atoms with Crippen LogP contribution in [0.15, 0.2) is 71.6 Å². The third kappa shape index (κ3) is 4.04. The van der Waals surface area contributed by atoms with Crippen molar-refractivity contribution in [3.8, 4) is 5.75 Å². The molecule has 0 aromatic heterocycles. The zero-order valence-electron chi connectivity index (χ0n) is 15.8. The molecule has 148 valence electrons. The van der Waals surface area contributed by atoms with Crippen LogP contribution in [0.1, 0.15) is 12.5 Å². The van der Waals surface area contributed by atoms with Crippen molar-refractivity contribution in [2.75, 3.05) is 13.7 Å². The van der Waals surface area contributed by atoms with Crippen molar-refractivity contribution in [2.24, 2.45) is 0 Å². The molecule has 2 aromatic rings. The van der Waals surface area contributed by atoms with E-state index >= 15 is 0 Å². The molecule has 1 aliphatic heterocycles. The van der Waals surface area contributed by atoms with Crippen molar-refractivity contribution in [1.29, 1.82) is 0 Å². The van der Waals surface area contributed by atoms with Crippen molar-refractivity contribution in [3.05, 3.63) is 72.3 Å². The summed E-state index contributed by atoms with van der Waals surface area (Å²) in [6.07, 6.45) is 3.02. The van der Waals surface area contributed by atoms with Crippen LogP contribution in [0.25, 0.3) is 0 Å². The first-order chi connectivity index (χ1) is 13.5. The molecule has 0 aliphatic carbocycles. The molecule has 1 amide bonds. The second kappa shape index (κ2) is 8.48. The quantitative estimate of drug-likeness (QED) is 0.665. The van der Waals surface area contributed by atoms with Gasteiger partial charge < -0.3 is 9.47 Å². The molecular weight excluding hydrogens is 378 g/mol. The molecule has 0 bridgehead atoms. The molecule has 0 radical (unpaired) electrons. The van der Waals surface area contributed by atoms with Gasteiger partial charge in [-0.15, -0.1) is 0 Å². The lowest BCUT2D eigenvalue weighted by molar-refractivity contribution is 0.157. The van der Waals surface area contributed by atoms with Crippen LogP contribution in [-0.4, -0.2) is 44.5 Å². The Bertz CT molecular complexity index is 939. The molecule has 2 atom stereocenters. The number of methoxy groups -OCH3 is 1. The van der Waals surface area contributed by atoms with Gasteiger partial charge in [0, 0.05) is 0 Å². The standard InChI is InChI=1S/C21H23NO5S/c1-3-7-20(28(24,25)19-8-5-4-6-9-19)22-17(15-27-21(22)23)14-16-10-12-18(26-2)13-11-16/h3-13,17,20H,14-15H2,1-2H3/b7-3+/t17-,20?/m0/s1. The molecule has 1 unspecified atom stereocenters. The van der Waals surface area contributed by atoms with Gasteiger partial charge in [0.15, 0.2) is 5.37 Å². The first-order valence-corrected chi connectivity index (χ1v) is 10.5. The van der Waals surface area contributed by atoms with E-state index in [-0.39, 0.29) is 17.5 Å². The molecule has 0 spiro atoms. The molecule has 1 saturated heterocycles. The lowest BCUT2D eigenvalue weighted by atomic mass is 10.1. The summed E-state index contributed by atoms with van der Waals surface area (Å²) in [6, 6.07) is 15.2. The van der Waals surface area contributed by atoms with E-state index in [9.17, 15) is 13.2 Å². The fourth-order valence-electron chi connectivity index (χ4n) is 3.23. The maximum absolute atomic E-state index is 13.2. The fraction of sp³-hybridized carbons (Fsp3) is 0.286. The summed E-state index contributed by atoms with van der Waals surface area (Å²) >= 11 is 0. The lowest BCUT2D eigenvalue weighted by Crippen LogP contribution is -2.46. The SMILES string of the molecule is C/C=C/C(N1C(=O)OC[C@@H]1Cc1ccc(OC)cc1)S(=O)(=O)c1ccccc1. The Morgan fingerprint density at radius 1 is 1.18 bits per heavy atom. The van der Waals surface area contributed by atoms with Crippen molar-refractivity contribution >= 4 is 15.9 Å². The molecule has 3 rings (SSSR count). The largest absolute Gasteiger partial charge is 0.497 e. The normalized spacial score (nSPS) is 18.3. The van der Waals surface area contributed by atoms with Gasteiger partial charge in [0.25, 0.3) is 0 Å². The highest BCUT2D eigenvalue weighted by Crippen LogP contribution is 2.28. The molecule has 1 fully saturated rings. The van der Waals surface area contributed by atoms with Crippen molar-refractivity contribution in [1.82, 2.24) is 4.90 Å². The minimum Gasteiger partial charge on any atom is -0.497 e. The van der Waals surface area contributed by atoms with Crippen LogP contribution in [-0.2, 0) is 21.0 Å². The molecule has 1 aliphatic rings. The molecular formula is C21H23NO5S. The molecule has 1 heterocycles. The van der Waals surface area contributed by atoms with Gasteiger partial charge in [0.2, 0.25) is 9.84 Å². The summed E-state index contributed by atoms with van der Waals surface area (Å²) in [5.41, 5.74) is 0.963. The summed E-state index contributed by atoms with van der Waals surface area (Å²) in [6.45, 7) is 1.87. The fourth-order valence-corrected chi connectivity index (χ4v) is 4.97. The summed E-state index contributed by atoms with van der Waals surface area (Å²) < 4.78 is 36.8. The number of ether oxygens (including phenoxy) is 2. The number of allylic oxidation sites excluding steroid dienone is 1. The third-order valence-electron chi connectivity index (χ3n) is 4.65. The van der Waals surface area contributed by atoms with E-state index in [0.29, 0.717) is 6.42 Å². The van der Waals surface area contributed by atoms with E-state index in [1.807, 2.05) is 24.3 Å². The predicted molar refractivity (Wildman–Crippen MR) is 106 cm³/mol. The van der Waals surface area contributed by atoms with Gasteiger partial charge in [-0.2, -0.15) is 0 Å². The van der Waals surface area contributed by atoms with E-state index in [0.717, 1.165) is 11.3 Å². The number of amides is 1. The summed E-state index contributed by atoms with van der Waals surface area (Å²) in [5, 5.41) is -1.13. The van der Waals surface area contributed by atoms with Gasteiger partial charge in [0.1, 0.15) is 12.4 Å². The highest BCUT2D eigenvalue weighted by molar-refractivity contribution is 7.92. The maximum Gasteiger partial charge on any atom is 0.411 e. The Morgan fingerprint density at radius 2 is 1.86 bits per heavy atom. The highest BCUT2D eigenvalue weighted by atomic mass is 32.2. The summed E-state index contributed by atoms with van der Waals surface area (Å²) in [5.74, 6) is 0.734. The number of sulfone groups is 1. The Balaban J connectivity index is 1.92. The Kier molecular flexibility index (Phi) is 6.04. The summed E-state index contributed by atoms with van der Waals surface area (Å²) in [4.78, 5) is 13.9. The number of carbonyl (C=O) groups is 1. The molecule has 2 aromatic carbocycles. The molecule has 6 nitrogen and oxygen atoms in total. The minimum absolute atomic E-state index is 0.142. The number of benzene rings is 2. The minimum atomic E-state index is -3.80. The molecule has 28 heavy (non-hydrogen) atoms. The van der Waals surface area contributed by atoms with Crippen LogP contribution in [0.5, 0.6) is 5.75 Å². The van der Waals surface area contributed by atoms with Gasteiger partial charge in [-0.25, -0.2) is 13.2 Å². The average molecular weight is 401 g/mol. The van der Waals surface area contributed by atoms with E-state index in [2.05, 4.69) is 0 Å². The van der Waals surface area contributed by atoms with E-state index in [1.165, 1.54) is 23.1 Å². The zero-order valence-corrected chi connectivity index (χ0v) is 16.6. The third-order valence-corrected chi connectivity index (χ3v) is 6.60. The Labute approximate surface area is 165 Å². The second-order valence-corrected chi connectivity index (χ2v) is 8.51. The number of rotatable bonds is 7. The number of hydrogen-bond donors (Lipinski definition) is 0. The van der Waals surface area contributed by atoms with Gasteiger partial charge in [-0.3, -0.25) is 4.90 Å². The predicted octanol–water partition coefficient (Wildman–Crippen LogP) is 3.43. The van der Waals surface area contributed by atoms with E-state index in [1.54, 1.807) is 38.3 Å². The maximum atomic E-state index is 13.2. The van der Waals surface area contributed by atoms with Gasteiger partial charge in [-0.05, 0) is 43.2 Å². The van der Waals surface area contributed by atoms with Crippen molar-refractivity contribution < 1.29 is 22.7 Å². The first kappa shape index (κ1) is 19.9. The van der Waals surface area contributed by atoms with Crippen molar-refractivity contribution in [2.45, 2.75) is 29.7 Å². The monoisotopic (exact) mass is 401 g/mol. The van der Waals surface area contributed by atoms with Crippen LogP contribution in [0, 0.1) is 0 Å². The van der Waals surface area contributed by atoms with E-state index in [4.69, 9.17) is 9.47 Å². The topological polar surface area (TPSA) is 72.9 Å². The smallest absolute Gasteiger partial charge is 0.411 e.